The van der Waals surface area contributed by atoms with Gasteiger partial charge in [0, 0.05) is 25.0 Å². The second-order valence-electron chi connectivity index (χ2n) is 7.79. The third kappa shape index (κ3) is 5.64. The van der Waals surface area contributed by atoms with Crippen molar-refractivity contribution in [2.75, 3.05) is 19.0 Å². The second kappa shape index (κ2) is 9.55. The van der Waals surface area contributed by atoms with E-state index in [1.54, 1.807) is 55.4 Å². The molecule has 0 bridgehead atoms. The molecule has 0 heterocycles. The number of alkyl halides is 6. The van der Waals surface area contributed by atoms with Gasteiger partial charge >= 0.3 is 12.4 Å². The summed E-state index contributed by atoms with van der Waals surface area (Å²) in [4.78, 5) is 1.80. The number of nitriles is 2. The smallest absolute Gasteiger partial charge is 0.378 e. The van der Waals surface area contributed by atoms with E-state index >= 15 is 0 Å². The number of hydrogen-bond acceptors (Lipinski definition) is 3. The molecule has 0 aromatic heterocycles. The van der Waals surface area contributed by atoms with Crippen molar-refractivity contribution in [3.05, 3.63) is 99.4 Å². The van der Waals surface area contributed by atoms with Gasteiger partial charge in [0.2, 0.25) is 0 Å². The van der Waals surface area contributed by atoms with E-state index in [4.69, 9.17) is 10.5 Å². The van der Waals surface area contributed by atoms with E-state index in [1.165, 1.54) is 24.3 Å². The molecule has 0 saturated carbocycles. The molecular formula is C26H17F6N3. The van der Waals surface area contributed by atoms with Crippen molar-refractivity contribution in [3.63, 3.8) is 0 Å². The van der Waals surface area contributed by atoms with Gasteiger partial charge in [-0.25, -0.2) is 0 Å². The van der Waals surface area contributed by atoms with E-state index < -0.39 is 23.5 Å². The van der Waals surface area contributed by atoms with E-state index in [1.807, 2.05) is 0 Å². The molecule has 3 rings (SSSR count). The maximum Gasteiger partial charge on any atom is 0.416 e. The molecule has 3 aromatic rings. The highest BCUT2D eigenvalue weighted by Gasteiger charge is 2.37. The third-order valence-corrected chi connectivity index (χ3v) is 5.23. The summed E-state index contributed by atoms with van der Waals surface area (Å²) in [7, 11) is 3.58. The molecule has 0 aliphatic carbocycles. The lowest BCUT2D eigenvalue weighted by atomic mass is 9.92. The molecule has 0 saturated heterocycles. The summed E-state index contributed by atoms with van der Waals surface area (Å²) in [5.41, 5.74) is -1.99. The second-order valence-corrected chi connectivity index (χ2v) is 7.79. The lowest BCUT2D eigenvalue weighted by Crippen LogP contribution is -2.16. The standard InChI is InChI=1S/C26H17F6N3/c1-35(2)23-9-7-18(8-10-23)24(17-5-3-16(4-6-17)20(14-33)15-34)19-11-21(25(27,28)29)13-22(12-19)26(30,31)32/h3-13H,1-2H3. The van der Waals surface area contributed by atoms with Crippen LogP contribution in [0.1, 0.15) is 22.3 Å². The highest BCUT2D eigenvalue weighted by molar-refractivity contribution is 5.81. The molecule has 3 nitrogen and oxygen atoms in total. The van der Waals surface area contributed by atoms with Crippen LogP contribution in [0.5, 0.6) is 0 Å². The first-order valence-corrected chi connectivity index (χ1v) is 10.1. The third-order valence-electron chi connectivity index (χ3n) is 5.23. The molecule has 35 heavy (non-hydrogen) atoms. The number of rotatable bonds is 3. The first-order chi connectivity index (χ1) is 16.3. The molecular weight excluding hydrogens is 468 g/mol. The summed E-state index contributed by atoms with van der Waals surface area (Å²) in [6.45, 7) is 0. The lowest BCUT2D eigenvalue weighted by molar-refractivity contribution is -0.143. The van der Waals surface area contributed by atoms with Crippen molar-refractivity contribution in [2.24, 2.45) is 0 Å². The number of nitrogens with zero attached hydrogens (tertiary/aromatic N) is 3. The molecule has 0 aliphatic heterocycles. The van der Waals surface area contributed by atoms with E-state index in [9.17, 15) is 26.3 Å². The summed E-state index contributed by atoms with van der Waals surface area (Å²) in [6.07, 6.45) is -9.99. The van der Waals surface area contributed by atoms with Crippen LogP contribution in [0, 0.1) is 22.7 Å². The minimum atomic E-state index is -5.00. The molecule has 3 aromatic carbocycles. The highest BCUT2D eigenvalue weighted by Crippen LogP contribution is 2.38. The molecule has 0 N–H and O–H groups in total. The Balaban J connectivity index is 2.43. The summed E-state index contributed by atoms with van der Waals surface area (Å²) in [5.74, 6) is 0. The molecule has 0 amide bonds. The van der Waals surface area contributed by atoms with Gasteiger partial charge < -0.3 is 4.90 Å². The van der Waals surface area contributed by atoms with Crippen LogP contribution in [0.25, 0.3) is 11.1 Å². The van der Waals surface area contributed by atoms with E-state index in [0.717, 1.165) is 5.69 Å². The lowest BCUT2D eigenvalue weighted by Gasteiger charge is -2.18. The highest BCUT2D eigenvalue weighted by atomic mass is 19.4. The Kier molecular flexibility index (Phi) is 6.93. The molecule has 9 heteroatoms. The molecule has 0 fully saturated rings. The molecule has 0 atom stereocenters. The van der Waals surface area contributed by atoms with Crippen molar-refractivity contribution >= 4 is 16.8 Å². The van der Waals surface area contributed by atoms with Gasteiger partial charge in [-0.05, 0) is 52.3 Å². The number of hydrogen-bond donors (Lipinski definition) is 0. The molecule has 0 unspecified atom stereocenters. The Hall–Kier alpha value is -4.24. The van der Waals surface area contributed by atoms with Crippen LogP contribution in [0.2, 0.25) is 0 Å². The fourth-order valence-corrected chi connectivity index (χ4v) is 3.48. The fourth-order valence-electron chi connectivity index (χ4n) is 3.48. The minimum Gasteiger partial charge on any atom is -0.378 e. The van der Waals surface area contributed by atoms with E-state index in [0.29, 0.717) is 22.9 Å². The SMILES string of the molecule is CN(C)c1ccc(C(c2cc(C(F)(F)F)cc(C(F)(F)F)c2)=c2ccc(=C(C#N)C#N)cc2)cc1. The van der Waals surface area contributed by atoms with Crippen molar-refractivity contribution in [3.8, 4) is 12.1 Å². The Morgan fingerprint density at radius 2 is 1.11 bits per heavy atom. The van der Waals surface area contributed by atoms with Crippen LogP contribution >= 0.6 is 0 Å². The molecule has 0 aliphatic rings. The normalized spacial score (nSPS) is 11.4. The van der Waals surface area contributed by atoms with E-state index in [2.05, 4.69) is 0 Å². The predicted molar refractivity (Wildman–Crippen MR) is 119 cm³/mol. The van der Waals surface area contributed by atoms with Crippen LogP contribution in [0.3, 0.4) is 0 Å². The zero-order valence-electron chi connectivity index (χ0n) is 18.5. The quantitative estimate of drug-likeness (QED) is 0.477. The topological polar surface area (TPSA) is 50.8 Å². The Morgan fingerprint density at radius 3 is 1.51 bits per heavy atom. The van der Waals surface area contributed by atoms with Gasteiger partial charge in [-0.1, -0.05) is 36.4 Å². The van der Waals surface area contributed by atoms with Gasteiger partial charge in [-0.3, -0.25) is 0 Å². The maximum atomic E-state index is 13.5. The first kappa shape index (κ1) is 25.4. The van der Waals surface area contributed by atoms with Crippen LogP contribution in [-0.2, 0) is 12.4 Å². The summed E-state index contributed by atoms with van der Waals surface area (Å²) in [6, 6.07) is 17.3. The Labute approximate surface area is 197 Å². The van der Waals surface area contributed by atoms with E-state index in [-0.39, 0.29) is 28.0 Å². The van der Waals surface area contributed by atoms with Crippen LogP contribution in [0.15, 0.2) is 66.7 Å². The largest absolute Gasteiger partial charge is 0.416 e. The first-order valence-electron chi connectivity index (χ1n) is 10.1. The monoisotopic (exact) mass is 485 g/mol. The molecule has 0 radical (unpaired) electrons. The van der Waals surface area contributed by atoms with Crippen molar-refractivity contribution < 1.29 is 26.3 Å². The summed E-state index contributed by atoms with van der Waals surface area (Å²) < 4.78 is 81.1. The van der Waals surface area contributed by atoms with Gasteiger partial charge in [0.25, 0.3) is 0 Å². The maximum absolute atomic E-state index is 13.5. The van der Waals surface area contributed by atoms with Crippen molar-refractivity contribution in [2.45, 2.75) is 12.4 Å². The zero-order valence-corrected chi connectivity index (χ0v) is 18.5. The zero-order chi connectivity index (χ0) is 26.0. The van der Waals surface area contributed by atoms with Crippen molar-refractivity contribution in [1.29, 1.82) is 10.5 Å². The van der Waals surface area contributed by atoms with Gasteiger partial charge in [-0.15, -0.1) is 0 Å². The number of halogens is 6. The van der Waals surface area contributed by atoms with Crippen molar-refractivity contribution in [1.82, 2.24) is 0 Å². The Morgan fingerprint density at radius 1 is 0.657 bits per heavy atom. The number of anilines is 1. The fraction of sp³-hybridized carbons (Fsp3) is 0.154. The number of benzene rings is 3. The molecule has 0 spiro atoms. The van der Waals surface area contributed by atoms with Gasteiger partial charge in [0.05, 0.1) is 11.1 Å². The summed E-state index contributed by atoms with van der Waals surface area (Å²) >= 11 is 0. The van der Waals surface area contributed by atoms with Crippen LogP contribution < -0.4 is 15.3 Å². The van der Waals surface area contributed by atoms with Crippen LogP contribution in [0.4, 0.5) is 32.0 Å². The van der Waals surface area contributed by atoms with Gasteiger partial charge in [0.1, 0.15) is 17.7 Å². The minimum absolute atomic E-state index is 0.0838. The molecule has 178 valence electrons. The van der Waals surface area contributed by atoms with Gasteiger partial charge in [-0.2, -0.15) is 36.9 Å². The average Bonchev–Trinajstić information content (AvgIpc) is 2.80. The average molecular weight is 485 g/mol. The van der Waals surface area contributed by atoms with Crippen LogP contribution in [-0.4, -0.2) is 14.1 Å². The predicted octanol–water partition coefficient (Wildman–Crippen LogP) is 5.24. The van der Waals surface area contributed by atoms with Gasteiger partial charge in [0.15, 0.2) is 0 Å². The Bertz CT molecular complexity index is 1380. The summed E-state index contributed by atoms with van der Waals surface area (Å²) in [5, 5.41) is 18.7.